The van der Waals surface area contributed by atoms with Gasteiger partial charge in [-0.2, -0.15) is 0 Å². The fraction of sp³-hybridized carbons (Fsp3) is 0.267. The fourth-order valence-electron chi connectivity index (χ4n) is 2.02. The van der Waals surface area contributed by atoms with Gasteiger partial charge in [0, 0.05) is 22.6 Å². The Kier molecular flexibility index (Phi) is 4.70. The van der Waals surface area contributed by atoms with Crippen molar-refractivity contribution in [2.75, 3.05) is 0 Å². The molecule has 0 unspecified atom stereocenters. The Morgan fingerprint density at radius 1 is 1.29 bits per heavy atom. The fourth-order valence-corrected chi connectivity index (χ4v) is 2.97. The quantitative estimate of drug-likeness (QED) is 0.675. The molecule has 2 rings (SSSR count). The van der Waals surface area contributed by atoms with Crippen LogP contribution in [0, 0.1) is 16.0 Å². The molecule has 1 amide bonds. The van der Waals surface area contributed by atoms with Gasteiger partial charge < -0.3 is 5.32 Å². The predicted octanol–water partition coefficient (Wildman–Crippen LogP) is 3.78. The highest BCUT2D eigenvalue weighted by molar-refractivity contribution is 7.10. The van der Waals surface area contributed by atoms with E-state index in [2.05, 4.69) is 5.32 Å². The summed E-state index contributed by atoms with van der Waals surface area (Å²) in [5.74, 6) is -0.0721. The maximum absolute atomic E-state index is 12.3. The molecular formula is C15H16N2O3S. The molecule has 0 saturated carbocycles. The summed E-state index contributed by atoms with van der Waals surface area (Å²) in [6.45, 7) is 4.05. The van der Waals surface area contributed by atoms with Gasteiger partial charge in [0.2, 0.25) is 0 Å². The summed E-state index contributed by atoms with van der Waals surface area (Å²) in [6.07, 6.45) is 0. The average Bonchev–Trinajstić information content (AvgIpc) is 2.98. The Hall–Kier alpha value is -2.21. The van der Waals surface area contributed by atoms with E-state index in [1.54, 1.807) is 17.4 Å². The lowest BCUT2D eigenvalue weighted by atomic mass is 10.0. The van der Waals surface area contributed by atoms with Crippen LogP contribution in [0.3, 0.4) is 0 Å². The highest BCUT2D eigenvalue weighted by atomic mass is 32.1. The topological polar surface area (TPSA) is 72.2 Å². The van der Waals surface area contributed by atoms with Gasteiger partial charge in [-0.25, -0.2) is 0 Å². The Morgan fingerprint density at radius 3 is 2.62 bits per heavy atom. The molecule has 0 aliphatic heterocycles. The van der Waals surface area contributed by atoms with Crippen molar-refractivity contribution >= 4 is 22.9 Å². The number of nitro groups is 1. The lowest BCUT2D eigenvalue weighted by Gasteiger charge is -2.21. The van der Waals surface area contributed by atoms with Crippen LogP contribution in [0.25, 0.3) is 0 Å². The van der Waals surface area contributed by atoms with Crippen molar-refractivity contribution in [1.29, 1.82) is 0 Å². The first-order chi connectivity index (χ1) is 9.99. The number of thiophene rings is 1. The SMILES string of the molecule is CC(C)[C@@H](NC(=O)c1cccc([N+](=O)[O-])c1)c1cccs1. The van der Waals surface area contributed by atoms with E-state index in [0.29, 0.717) is 5.56 Å². The zero-order valence-electron chi connectivity index (χ0n) is 11.8. The van der Waals surface area contributed by atoms with Gasteiger partial charge in [-0.1, -0.05) is 26.0 Å². The van der Waals surface area contributed by atoms with Crippen molar-refractivity contribution in [3.63, 3.8) is 0 Å². The van der Waals surface area contributed by atoms with Gasteiger partial charge in [0.05, 0.1) is 11.0 Å². The highest BCUT2D eigenvalue weighted by Gasteiger charge is 2.20. The molecule has 0 bridgehead atoms. The number of carbonyl (C=O) groups excluding carboxylic acids is 1. The monoisotopic (exact) mass is 304 g/mol. The molecule has 0 spiro atoms. The van der Waals surface area contributed by atoms with E-state index in [1.807, 2.05) is 31.4 Å². The number of nitro benzene ring substituents is 1. The molecule has 1 aromatic heterocycles. The molecule has 21 heavy (non-hydrogen) atoms. The van der Waals surface area contributed by atoms with E-state index < -0.39 is 4.92 Å². The van der Waals surface area contributed by atoms with Crippen LogP contribution < -0.4 is 5.32 Å². The third-order valence-corrected chi connectivity index (χ3v) is 4.08. The molecule has 0 radical (unpaired) electrons. The van der Waals surface area contributed by atoms with Crippen LogP contribution in [0.5, 0.6) is 0 Å². The molecule has 1 heterocycles. The molecule has 110 valence electrons. The second-order valence-electron chi connectivity index (χ2n) is 5.02. The minimum Gasteiger partial charge on any atom is -0.344 e. The Bertz CT molecular complexity index is 638. The first kappa shape index (κ1) is 15.2. The maximum Gasteiger partial charge on any atom is 0.270 e. The molecule has 1 aromatic carbocycles. The van der Waals surface area contributed by atoms with Gasteiger partial charge in [-0.05, 0) is 23.4 Å². The number of hydrogen-bond donors (Lipinski definition) is 1. The zero-order valence-corrected chi connectivity index (χ0v) is 12.6. The number of hydrogen-bond acceptors (Lipinski definition) is 4. The Morgan fingerprint density at radius 2 is 2.05 bits per heavy atom. The molecule has 0 aliphatic rings. The summed E-state index contributed by atoms with van der Waals surface area (Å²) in [6, 6.07) is 9.57. The van der Waals surface area contributed by atoms with Crippen LogP contribution in [0.15, 0.2) is 41.8 Å². The molecule has 5 nitrogen and oxygen atoms in total. The van der Waals surface area contributed by atoms with E-state index in [-0.39, 0.29) is 23.6 Å². The number of nitrogens with one attached hydrogen (secondary N) is 1. The molecule has 6 heteroatoms. The van der Waals surface area contributed by atoms with Crippen LogP contribution >= 0.6 is 11.3 Å². The largest absolute Gasteiger partial charge is 0.344 e. The summed E-state index contributed by atoms with van der Waals surface area (Å²) < 4.78 is 0. The van der Waals surface area contributed by atoms with Crippen molar-refractivity contribution in [2.24, 2.45) is 5.92 Å². The maximum atomic E-state index is 12.3. The predicted molar refractivity (Wildman–Crippen MR) is 82.5 cm³/mol. The molecule has 1 atom stereocenters. The summed E-state index contributed by atoms with van der Waals surface area (Å²) in [5.41, 5.74) is 0.214. The van der Waals surface area contributed by atoms with Gasteiger partial charge in [-0.15, -0.1) is 11.3 Å². The second-order valence-corrected chi connectivity index (χ2v) is 6.00. The number of nitrogens with zero attached hydrogens (tertiary/aromatic N) is 1. The minimum absolute atomic E-state index is 0.0835. The third kappa shape index (κ3) is 3.66. The molecule has 1 N–H and O–H groups in total. The lowest BCUT2D eigenvalue weighted by molar-refractivity contribution is -0.384. The standard InChI is InChI=1S/C15H16N2O3S/c1-10(2)14(13-7-4-8-21-13)16-15(18)11-5-3-6-12(9-11)17(19)20/h3-10,14H,1-2H3,(H,16,18)/t14-/m1/s1. The summed E-state index contributed by atoms with van der Waals surface area (Å²) in [5, 5.41) is 15.7. The lowest BCUT2D eigenvalue weighted by Crippen LogP contribution is -2.31. The van der Waals surface area contributed by atoms with Gasteiger partial charge in [0.25, 0.3) is 11.6 Å². The third-order valence-electron chi connectivity index (χ3n) is 3.12. The molecule has 2 aromatic rings. The minimum atomic E-state index is -0.504. The first-order valence-electron chi connectivity index (χ1n) is 6.57. The summed E-state index contributed by atoms with van der Waals surface area (Å²) in [4.78, 5) is 23.6. The van der Waals surface area contributed by atoms with Crippen LogP contribution in [-0.4, -0.2) is 10.8 Å². The van der Waals surface area contributed by atoms with Crippen molar-refractivity contribution in [2.45, 2.75) is 19.9 Å². The van der Waals surface area contributed by atoms with Crippen LogP contribution in [-0.2, 0) is 0 Å². The van der Waals surface area contributed by atoms with Crippen molar-refractivity contribution in [1.82, 2.24) is 5.32 Å². The van der Waals surface area contributed by atoms with Crippen LogP contribution in [0.2, 0.25) is 0 Å². The summed E-state index contributed by atoms with van der Waals surface area (Å²) >= 11 is 1.58. The first-order valence-corrected chi connectivity index (χ1v) is 7.45. The second kappa shape index (κ2) is 6.49. The highest BCUT2D eigenvalue weighted by Crippen LogP contribution is 2.26. The van der Waals surface area contributed by atoms with Crippen LogP contribution in [0.4, 0.5) is 5.69 Å². The van der Waals surface area contributed by atoms with E-state index in [4.69, 9.17) is 0 Å². The van der Waals surface area contributed by atoms with Gasteiger partial charge >= 0.3 is 0 Å². The van der Waals surface area contributed by atoms with E-state index >= 15 is 0 Å². The number of benzene rings is 1. The van der Waals surface area contributed by atoms with Crippen molar-refractivity contribution < 1.29 is 9.72 Å². The van der Waals surface area contributed by atoms with E-state index in [1.165, 1.54) is 18.2 Å². The number of amides is 1. The molecule has 0 aliphatic carbocycles. The smallest absolute Gasteiger partial charge is 0.270 e. The molecule has 0 fully saturated rings. The molecular weight excluding hydrogens is 288 g/mol. The zero-order chi connectivity index (χ0) is 15.4. The van der Waals surface area contributed by atoms with Gasteiger partial charge in [0.1, 0.15) is 0 Å². The van der Waals surface area contributed by atoms with E-state index in [9.17, 15) is 14.9 Å². The van der Waals surface area contributed by atoms with Gasteiger partial charge in [0.15, 0.2) is 0 Å². The van der Waals surface area contributed by atoms with E-state index in [0.717, 1.165) is 4.88 Å². The number of non-ortho nitro benzene ring substituents is 1. The summed E-state index contributed by atoms with van der Waals surface area (Å²) in [7, 11) is 0. The normalized spacial score (nSPS) is 12.1. The van der Waals surface area contributed by atoms with Crippen molar-refractivity contribution in [3.05, 3.63) is 62.3 Å². The van der Waals surface area contributed by atoms with Crippen LogP contribution in [0.1, 0.15) is 35.1 Å². The molecule has 0 saturated heterocycles. The number of carbonyl (C=O) groups is 1. The van der Waals surface area contributed by atoms with Gasteiger partial charge in [-0.3, -0.25) is 14.9 Å². The average molecular weight is 304 g/mol. The number of rotatable bonds is 5. The Labute approximate surface area is 126 Å². The van der Waals surface area contributed by atoms with Crippen molar-refractivity contribution in [3.8, 4) is 0 Å². The Balaban J connectivity index is 2.20.